The van der Waals surface area contributed by atoms with Gasteiger partial charge in [-0.3, -0.25) is 4.79 Å². The number of hydrogen-bond acceptors (Lipinski definition) is 5. The quantitative estimate of drug-likeness (QED) is 0.333. The number of rotatable bonds is 7. The van der Waals surface area contributed by atoms with E-state index in [0.29, 0.717) is 17.4 Å². The molecule has 0 bridgehead atoms. The summed E-state index contributed by atoms with van der Waals surface area (Å²) in [5.41, 5.74) is 6.24. The fraction of sp³-hybridized carbons (Fsp3) is 0.542. The van der Waals surface area contributed by atoms with Gasteiger partial charge in [-0.15, -0.1) is 0 Å². The van der Waals surface area contributed by atoms with Gasteiger partial charge in [0.2, 0.25) is 0 Å². The number of carbonyl (C=O) groups excluding carboxylic acids is 1. The Balaban J connectivity index is 1.22. The zero-order valence-corrected chi connectivity index (χ0v) is 20.9. The van der Waals surface area contributed by atoms with Crippen LogP contribution in [0.5, 0.6) is 0 Å². The van der Waals surface area contributed by atoms with Gasteiger partial charge in [0.25, 0.3) is 5.91 Å². The predicted molar refractivity (Wildman–Crippen MR) is 133 cm³/mol. The third-order valence-corrected chi connectivity index (χ3v) is 7.58. The van der Waals surface area contributed by atoms with Gasteiger partial charge in [0.05, 0.1) is 17.0 Å². The lowest BCUT2D eigenvalue weighted by atomic mass is 10.0. The summed E-state index contributed by atoms with van der Waals surface area (Å²) >= 11 is 2.43. The number of benzene rings is 1. The first-order chi connectivity index (χ1) is 15.0. The Kier molecular flexibility index (Phi) is 7.11. The normalized spacial score (nSPS) is 20.8. The van der Waals surface area contributed by atoms with Crippen LogP contribution in [0.3, 0.4) is 0 Å². The molecule has 0 spiro atoms. The third kappa shape index (κ3) is 5.03. The molecule has 4 rings (SSSR count). The zero-order valence-electron chi connectivity index (χ0n) is 18.7. The van der Waals surface area contributed by atoms with Gasteiger partial charge in [-0.25, -0.2) is 9.97 Å². The van der Waals surface area contributed by atoms with Gasteiger partial charge in [0.1, 0.15) is 6.33 Å². The first-order valence-electron chi connectivity index (χ1n) is 11.2. The molecule has 2 saturated heterocycles. The summed E-state index contributed by atoms with van der Waals surface area (Å²) in [6, 6.07) is 6.66. The molecule has 2 fully saturated rings. The summed E-state index contributed by atoms with van der Waals surface area (Å²) in [5.74, 6) is 1.28. The van der Waals surface area contributed by atoms with Gasteiger partial charge in [0.15, 0.2) is 0 Å². The summed E-state index contributed by atoms with van der Waals surface area (Å²) < 4.78 is 1.05. The lowest BCUT2D eigenvalue weighted by molar-refractivity contribution is 0.0771. The number of fused-ring (bicyclic) bond motifs is 1. The van der Waals surface area contributed by atoms with Crippen molar-refractivity contribution in [1.82, 2.24) is 19.8 Å². The van der Waals surface area contributed by atoms with E-state index in [1.54, 1.807) is 0 Å². The van der Waals surface area contributed by atoms with E-state index in [0.717, 1.165) is 61.5 Å². The second kappa shape index (κ2) is 9.81. The number of aryl methyl sites for hydroxylation is 3. The number of hydrogen-bond donors (Lipinski definition) is 1. The van der Waals surface area contributed by atoms with Crippen LogP contribution in [-0.4, -0.2) is 64.9 Å². The van der Waals surface area contributed by atoms with Crippen molar-refractivity contribution in [2.75, 3.05) is 44.6 Å². The second-order valence-electron chi connectivity index (χ2n) is 8.96. The maximum absolute atomic E-state index is 13.0. The predicted octanol–water partition coefficient (Wildman–Crippen LogP) is 3.84. The zero-order chi connectivity index (χ0) is 22.0. The van der Waals surface area contributed by atoms with Crippen molar-refractivity contribution >= 4 is 34.2 Å². The van der Waals surface area contributed by atoms with E-state index in [1.165, 1.54) is 23.1 Å². The summed E-state index contributed by atoms with van der Waals surface area (Å²) in [4.78, 5) is 26.1. The Morgan fingerprint density at radius 1 is 1.10 bits per heavy atom. The van der Waals surface area contributed by atoms with Crippen LogP contribution in [0.25, 0.3) is 0 Å². The van der Waals surface area contributed by atoms with Crippen LogP contribution >= 0.6 is 22.6 Å². The number of aromatic nitrogens is 2. The molecule has 1 aromatic heterocycles. The lowest BCUT2D eigenvalue weighted by Crippen LogP contribution is -2.34. The van der Waals surface area contributed by atoms with Crippen molar-refractivity contribution in [2.45, 2.75) is 31.6 Å². The standard InChI is InChI=1S/C24H32IN5O/c1-16-5-6-22(9-19(16)10-25)26-7-4-8-29-11-20-13-30(14-21(20)12-29)24(31)23-17(2)27-15-28-18(23)3/h5-6,9,15,20-21,26H,4,7-8,10-14H2,1-3H3. The average molecular weight is 533 g/mol. The minimum atomic E-state index is 0.102. The molecule has 2 aliphatic heterocycles. The largest absolute Gasteiger partial charge is 0.385 e. The Labute approximate surface area is 199 Å². The fourth-order valence-electron chi connectivity index (χ4n) is 4.96. The van der Waals surface area contributed by atoms with Crippen molar-refractivity contribution < 1.29 is 4.79 Å². The Morgan fingerprint density at radius 3 is 2.42 bits per heavy atom. The van der Waals surface area contributed by atoms with Crippen LogP contribution in [0, 0.1) is 32.6 Å². The molecule has 2 aromatic rings. The van der Waals surface area contributed by atoms with Crippen LogP contribution in [0.1, 0.15) is 39.3 Å². The molecule has 6 nitrogen and oxygen atoms in total. The van der Waals surface area contributed by atoms with Gasteiger partial charge in [-0.05, 0) is 68.8 Å². The molecular formula is C24H32IN5O. The number of amides is 1. The monoisotopic (exact) mass is 533 g/mol. The van der Waals surface area contributed by atoms with Crippen molar-refractivity contribution in [3.63, 3.8) is 0 Å². The fourth-order valence-corrected chi connectivity index (χ4v) is 5.78. The Bertz CT molecular complexity index is 915. The molecule has 0 radical (unpaired) electrons. The highest BCUT2D eigenvalue weighted by Gasteiger charge is 2.41. The van der Waals surface area contributed by atoms with Crippen molar-refractivity contribution in [2.24, 2.45) is 11.8 Å². The molecule has 0 saturated carbocycles. The second-order valence-corrected chi connectivity index (χ2v) is 9.73. The summed E-state index contributed by atoms with van der Waals surface area (Å²) in [7, 11) is 0. The molecule has 3 heterocycles. The van der Waals surface area contributed by atoms with E-state index in [2.05, 4.69) is 67.9 Å². The Hall–Kier alpha value is -1.74. The van der Waals surface area contributed by atoms with Crippen LogP contribution in [0.2, 0.25) is 0 Å². The van der Waals surface area contributed by atoms with Gasteiger partial charge in [-0.2, -0.15) is 0 Å². The summed E-state index contributed by atoms with van der Waals surface area (Å²) in [5, 5.41) is 3.58. The highest BCUT2D eigenvalue weighted by Crippen LogP contribution is 2.32. The Morgan fingerprint density at radius 2 is 1.77 bits per heavy atom. The maximum atomic E-state index is 13.0. The van der Waals surface area contributed by atoms with E-state index in [1.807, 2.05) is 18.7 Å². The highest BCUT2D eigenvalue weighted by atomic mass is 127. The minimum Gasteiger partial charge on any atom is -0.385 e. The molecule has 7 heteroatoms. The van der Waals surface area contributed by atoms with Gasteiger partial charge in [0, 0.05) is 42.8 Å². The molecular weight excluding hydrogens is 501 g/mol. The average Bonchev–Trinajstić information content (AvgIpc) is 3.31. The lowest BCUT2D eigenvalue weighted by Gasteiger charge is -2.22. The molecule has 2 unspecified atom stereocenters. The first-order valence-corrected chi connectivity index (χ1v) is 12.7. The first kappa shape index (κ1) is 22.5. The minimum absolute atomic E-state index is 0.102. The molecule has 2 aliphatic rings. The smallest absolute Gasteiger partial charge is 0.257 e. The van der Waals surface area contributed by atoms with Crippen molar-refractivity contribution in [1.29, 1.82) is 0 Å². The molecule has 1 amide bonds. The summed E-state index contributed by atoms with van der Waals surface area (Å²) in [6.07, 6.45) is 2.67. The molecule has 1 aromatic carbocycles. The number of likely N-dealkylation sites (tertiary alicyclic amines) is 2. The van der Waals surface area contributed by atoms with E-state index in [4.69, 9.17) is 0 Å². The van der Waals surface area contributed by atoms with Gasteiger partial charge in [-0.1, -0.05) is 28.7 Å². The van der Waals surface area contributed by atoms with Crippen LogP contribution in [-0.2, 0) is 4.43 Å². The molecule has 1 N–H and O–H groups in total. The van der Waals surface area contributed by atoms with Crippen LogP contribution in [0.4, 0.5) is 5.69 Å². The molecule has 166 valence electrons. The van der Waals surface area contributed by atoms with E-state index in [-0.39, 0.29) is 5.91 Å². The van der Waals surface area contributed by atoms with Gasteiger partial charge < -0.3 is 15.1 Å². The number of anilines is 1. The number of alkyl halides is 1. The number of carbonyl (C=O) groups is 1. The molecule has 0 aliphatic carbocycles. The number of nitrogens with zero attached hydrogens (tertiary/aromatic N) is 4. The van der Waals surface area contributed by atoms with Crippen molar-refractivity contribution in [3.8, 4) is 0 Å². The molecule has 2 atom stereocenters. The van der Waals surface area contributed by atoms with E-state index in [9.17, 15) is 4.79 Å². The van der Waals surface area contributed by atoms with Crippen LogP contribution < -0.4 is 5.32 Å². The summed E-state index contributed by atoms with van der Waals surface area (Å²) in [6.45, 7) is 12.0. The molecule has 31 heavy (non-hydrogen) atoms. The number of halogens is 1. The van der Waals surface area contributed by atoms with Crippen LogP contribution in [0.15, 0.2) is 24.5 Å². The topological polar surface area (TPSA) is 61.4 Å². The number of nitrogens with one attached hydrogen (secondary N) is 1. The van der Waals surface area contributed by atoms with E-state index < -0.39 is 0 Å². The van der Waals surface area contributed by atoms with Gasteiger partial charge >= 0.3 is 0 Å². The van der Waals surface area contributed by atoms with E-state index >= 15 is 0 Å². The SMILES string of the molecule is Cc1ccc(NCCCN2CC3CN(C(=O)c4c(C)ncnc4C)CC3C2)cc1CI. The highest BCUT2D eigenvalue weighted by molar-refractivity contribution is 14.1. The third-order valence-electron chi connectivity index (χ3n) is 6.76. The van der Waals surface area contributed by atoms with Crippen molar-refractivity contribution in [3.05, 3.63) is 52.6 Å². The maximum Gasteiger partial charge on any atom is 0.257 e.